The molecule has 1 spiro atoms. The Morgan fingerprint density at radius 2 is 1.96 bits per heavy atom. The summed E-state index contributed by atoms with van der Waals surface area (Å²) in [5.41, 5.74) is -0.269. The summed E-state index contributed by atoms with van der Waals surface area (Å²) >= 11 is 0. The molecule has 0 unspecified atom stereocenters. The Bertz CT molecular complexity index is 700. The van der Waals surface area contributed by atoms with Crippen molar-refractivity contribution in [2.75, 3.05) is 33.3 Å². The molecule has 0 bridgehead atoms. The zero-order valence-corrected chi connectivity index (χ0v) is 14.5. The highest BCUT2D eigenvalue weighted by Crippen LogP contribution is 2.41. The van der Waals surface area contributed by atoms with Crippen LogP contribution in [0.15, 0.2) is 12.1 Å². The molecule has 1 aromatic rings. The first-order valence-corrected chi connectivity index (χ1v) is 8.50. The average Bonchev–Trinajstić information content (AvgIpc) is 2.91. The molecule has 2 aliphatic rings. The highest BCUT2D eigenvalue weighted by Gasteiger charge is 2.45. The minimum atomic E-state index is -0.971. The number of benzene rings is 1. The topological polar surface area (TPSA) is 49.9 Å². The maximum atomic E-state index is 14.3. The second-order valence-electron chi connectivity index (χ2n) is 6.82. The van der Waals surface area contributed by atoms with E-state index in [9.17, 15) is 18.4 Å². The fourth-order valence-corrected chi connectivity index (χ4v) is 3.84. The molecule has 3 rings (SSSR count). The third-order valence-electron chi connectivity index (χ3n) is 5.38. The second kappa shape index (κ2) is 6.61. The molecule has 2 saturated heterocycles. The number of nitrogens with zero attached hydrogens (tertiary/aromatic N) is 2. The van der Waals surface area contributed by atoms with E-state index in [1.165, 1.54) is 0 Å². The van der Waals surface area contributed by atoms with E-state index in [2.05, 4.69) is 0 Å². The minimum absolute atomic E-state index is 0.0805. The summed E-state index contributed by atoms with van der Waals surface area (Å²) in [5.74, 6) is -2.66. The van der Waals surface area contributed by atoms with Crippen LogP contribution < -0.4 is 4.74 Å². The van der Waals surface area contributed by atoms with E-state index >= 15 is 0 Å². The quantitative estimate of drug-likeness (QED) is 0.840. The van der Waals surface area contributed by atoms with E-state index < -0.39 is 23.3 Å². The number of halogens is 2. The predicted molar refractivity (Wildman–Crippen MR) is 87.4 cm³/mol. The number of hydrogen-bond acceptors (Lipinski definition) is 3. The standard InChI is InChI=1S/C18H22F2N2O3/c1-3-21-11-18(10-14(21)23)6-8-22(9-7-18)17(24)12-4-5-13(19)16(25-2)15(12)20/h4-5H,3,6-11H2,1-2H3. The summed E-state index contributed by atoms with van der Waals surface area (Å²) in [4.78, 5) is 28.0. The van der Waals surface area contributed by atoms with E-state index in [0.717, 1.165) is 25.8 Å². The second-order valence-corrected chi connectivity index (χ2v) is 6.82. The van der Waals surface area contributed by atoms with E-state index in [-0.39, 0.29) is 16.9 Å². The monoisotopic (exact) mass is 352 g/mol. The number of carbonyl (C=O) groups excluding carboxylic acids is 2. The van der Waals surface area contributed by atoms with Gasteiger partial charge in [-0.1, -0.05) is 0 Å². The van der Waals surface area contributed by atoms with Crippen LogP contribution in [-0.2, 0) is 4.79 Å². The van der Waals surface area contributed by atoms with Gasteiger partial charge >= 0.3 is 0 Å². The highest BCUT2D eigenvalue weighted by atomic mass is 19.1. The lowest BCUT2D eigenvalue weighted by molar-refractivity contribution is -0.127. The Morgan fingerprint density at radius 3 is 2.52 bits per heavy atom. The van der Waals surface area contributed by atoms with Crippen LogP contribution in [0.4, 0.5) is 8.78 Å². The lowest BCUT2D eigenvalue weighted by Crippen LogP contribution is -2.44. The molecule has 0 radical (unpaired) electrons. The Balaban J connectivity index is 1.72. The normalized spacial score (nSPS) is 19.6. The first-order chi connectivity index (χ1) is 11.9. The lowest BCUT2D eigenvalue weighted by Gasteiger charge is -2.38. The fraction of sp³-hybridized carbons (Fsp3) is 0.556. The van der Waals surface area contributed by atoms with Gasteiger partial charge in [0.15, 0.2) is 17.4 Å². The van der Waals surface area contributed by atoms with Gasteiger partial charge in [-0.25, -0.2) is 8.78 Å². The van der Waals surface area contributed by atoms with Crippen molar-refractivity contribution in [3.8, 4) is 5.75 Å². The molecule has 0 aromatic heterocycles. The number of likely N-dealkylation sites (tertiary alicyclic amines) is 2. The van der Waals surface area contributed by atoms with Crippen LogP contribution in [0.1, 0.15) is 36.5 Å². The molecule has 25 heavy (non-hydrogen) atoms. The Hall–Kier alpha value is -2.18. The molecule has 1 aromatic carbocycles. The largest absolute Gasteiger partial charge is 0.491 e. The molecular weight excluding hydrogens is 330 g/mol. The van der Waals surface area contributed by atoms with Crippen molar-refractivity contribution in [2.24, 2.45) is 5.41 Å². The number of piperidine rings is 1. The summed E-state index contributed by atoms with van der Waals surface area (Å²) in [6, 6.07) is 2.19. The van der Waals surface area contributed by atoms with Crippen molar-refractivity contribution in [1.29, 1.82) is 0 Å². The molecule has 7 heteroatoms. The van der Waals surface area contributed by atoms with Crippen LogP contribution in [0.25, 0.3) is 0 Å². The van der Waals surface area contributed by atoms with Crippen LogP contribution in [0.5, 0.6) is 5.75 Å². The van der Waals surface area contributed by atoms with E-state index in [4.69, 9.17) is 4.74 Å². The van der Waals surface area contributed by atoms with Crippen LogP contribution in [0.2, 0.25) is 0 Å². The van der Waals surface area contributed by atoms with E-state index in [0.29, 0.717) is 38.9 Å². The summed E-state index contributed by atoms with van der Waals surface area (Å²) in [6.45, 7) is 4.30. The third-order valence-corrected chi connectivity index (χ3v) is 5.38. The van der Waals surface area contributed by atoms with Gasteiger partial charge in [0.1, 0.15) is 0 Å². The molecule has 2 fully saturated rings. The van der Waals surface area contributed by atoms with Gasteiger partial charge in [-0.2, -0.15) is 0 Å². The van der Waals surface area contributed by atoms with Crippen molar-refractivity contribution in [3.63, 3.8) is 0 Å². The van der Waals surface area contributed by atoms with Crippen molar-refractivity contribution >= 4 is 11.8 Å². The summed E-state index contributed by atoms with van der Waals surface area (Å²) in [6.07, 6.45) is 1.93. The van der Waals surface area contributed by atoms with Crippen LogP contribution >= 0.6 is 0 Å². The molecule has 0 atom stereocenters. The van der Waals surface area contributed by atoms with Gasteiger partial charge in [-0.15, -0.1) is 0 Å². The van der Waals surface area contributed by atoms with Gasteiger partial charge in [0.2, 0.25) is 5.91 Å². The highest BCUT2D eigenvalue weighted by molar-refractivity contribution is 5.95. The number of amides is 2. The maximum Gasteiger partial charge on any atom is 0.256 e. The predicted octanol–water partition coefficient (Wildman–Crippen LogP) is 2.45. The molecule has 5 nitrogen and oxygen atoms in total. The van der Waals surface area contributed by atoms with Gasteiger partial charge in [0, 0.05) is 38.0 Å². The summed E-state index contributed by atoms with van der Waals surface area (Å²) in [5, 5.41) is 0. The summed E-state index contributed by atoms with van der Waals surface area (Å²) in [7, 11) is 1.16. The lowest BCUT2D eigenvalue weighted by atomic mass is 9.77. The molecule has 136 valence electrons. The van der Waals surface area contributed by atoms with Crippen LogP contribution in [-0.4, -0.2) is 54.9 Å². The number of ether oxygens (including phenoxy) is 1. The zero-order chi connectivity index (χ0) is 18.2. The maximum absolute atomic E-state index is 14.3. The Labute approximate surface area is 145 Å². The van der Waals surface area contributed by atoms with E-state index in [1.807, 2.05) is 11.8 Å². The van der Waals surface area contributed by atoms with Gasteiger partial charge in [-0.05, 0) is 31.9 Å². The Morgan fingerprint density at radius 1 is 1.28 bits per heavy atom. The van der Waals surface area contributed by atoms with Crippen molar-refractivity contribution in [2.45, 2.75) is 26.2 Å². The van der Waals surface area contributed by atoms with Gasteiger partial charge in [0.25, 0.3) is 5.91 Å². The third kappa shape index (κ3) is 3.07. The first-order valence-electron chi connectivity index (χ1n) is 8.50. The molecular formula is C18H22F2N2O3. The molecule has 2 heterocycles. The van der Waals surface area contributed by atoms with Gasteiger partial charge in [-0.3, -0.25) is 9.59 Å². The van der Waals surface area contributed by atoms with Crippen molar-refractivity contribution < 1.29 is 23.1 Å². The average molecular weight is 352 g/mol. The number of rotatable bonds is 3. The molecule has 0 saturated carbocycles. The van der Waals surface area contributed by atoms with Crippen molar-refractivity contribution in [3.05, 3.63) is 29.3 Å². The smallest absolute Gasteiger partial charge is 0.256 e. The summed E-state index contributed by atoms with van der Waals surface area (Å²) < 4.78 is 32.5. The number of hydrogen-bond donors (Lipinski definition) is 0. The van der Waals surface area contributed by atoms with Gasteiger partial charge < -0.3 is 14.5 Å². The SMILES string of the molecule is CCN1CC2(CCN(C(=O)c3ccc(F)c(OC)c3F)CC2)CC1=O. The number of carbonyl (C=O) groups is 2. The molecule has 0 N–H and O–H groups in total. The van der Waals surface area contributed by atoms with E-state index in [1.54, 1.807) is 4.90 Å². The number of methoxy groups -OCH3 is 1. The van der Waals surface area contributed by atoms with Crippen LogP contribution in [0.3, 0.4) is 0 Å². The van der Waals surface area contributed by atoms with Gasteiger partial charge in [0.05, 0.1) is 12.7 Å². The molecule has 2 amide bonds. The fourth-order valence-electron chi connectivity index (χ4n) is 3.84. The van der Waals surface area contributed by atoms with Crippen molar-refractivity contribution in [1.82, 2.24) is 9.80 Å². The zero-order valence-electron chi connectivity index (χ0n) is 14.5. The molecule has 0 aliphatic carbocycles. The van der Waals surface area contributed by atoms with Crippen LogP contribution in [0, 0.1) is 17.0 Å². The Kier molecular flexibility index (Phi) is 4.67. The molecule has 2 aliphatic heterocycles. The minimum Gasteiger partial charge on any atom is -0.491 e. The first kappa shape index (κ1) is 17.6.